The van der Waals surface area contributed by atoms with Gasteiger partial charge in [-0.25, -0.2) is 9.50 Å². The highest BCUT2D eigenvalue weighted by Gasteiger charge is 2.48. The molecule has 0 aromatic carbocycles. The van der Waals surface area contributed by atoms with Crippen LogP contribution in [0, 0.1) is 11.8 Å². The maximum Gasteiger partial charge on any atom is 0.274 e. The highest BCUT2D eigenvalue weighted by molar-refractivity contribution is 5.93. The van der Waals surface area contributed by atoms with Crippen LogP contribution in [-0.4, -0.2) is 74.5 Å². The Morgan fingerprint density at radius 1 is 1.24 bits per heavy atom. The van der Waals surface area contributed by atoms with Gasteiger partial charge in [-0.05, 0) is 49.8 Å². The third-order valence-electron chi connectivity index (χ3n) is 6.97. The van der Waals surface area contributed by atoms with Crippen molar-refractivity contribution in [3.63, 3.8) is 0 Å². The molecule has 3 aliphatic rings. The number of nitrogens with one attached hydrogen (secondary N) is 1. The van der Waals surface area contributed by atoms with Gasteiger partial charge in [0, 0.05) is 44.8 Å². The van der Waals surface area contributed by atoms with E-state index in [0.717, 1.165) is 26.1 Å². The maximum atomic E-state index is 13.4. The van der Waals surface area contributed by atoms with Gasteiger partial charge in [-0.1, -0.05) is 6.42 Å². The van der Waals surface area contributed by atoms with Crippen LogP contribution in [0.3, 0.4) is 0 Å². The number of carbonyl (C=O) groups excluding carboxylic acids is 2. The summed E-state index contributed by atoms with van der Waals surface area (Å²) in [5.74, 6) is 0.902. The molecule has 2 amide bonds. The summed E-state index contributed by atoms with van der Waals surface area (Å²) in [6.45, 7) is 4.87. The number of rotatable bonds is 3. The van der Waals surface area contributed by atoms with E-state index in [2.05, 4.69) is 20.3 Å². The van der Waals surface area contributed by atoms with Crippen molar-refractivity contribution in [1.82, 2.24) is 29.7 Å². The first-order valence-electron chi connectivity index (χ1n) is 10.7. The van der Waals surface area contributed by atoms with Gasteiger partial charge in [0.1, 0.15) is 0 Å². The zero-order valence-corrected chi connectivity index (χ0v) is 16.8. The zero-order valence-electron chi connectivity index (χ0n) is 16.8. The summed E-state index contributed by atoms with van der Waals surface area (Å²) in [4.78, 5) is 33.9. The van der Waals surface area contributed by atoms with Crippen molar-refractivity contribution < 1.29 is 9.59 Å². The second-order valence-corrected chi connectivity index (χ2v) is 8.71. The Bertz CT molecular complexity index is 927. The molecule has 29 heavy (non-hydrogen) atoms. The number of aromatic nitrogens is 3. The van der Waals surface area contributed by atoms with E-state index in [9.17, 15) is 9.59 Å². The molecule has 0 unspecified atom stereocenters. The summed E-state index contributed by atoms with van der Waals surface area (Å²) < 4.78 is 1.63. The Kier molecular flexibility index (Phi) is 4.73. The van der Waals surface area contributed by atoms with Crippen LogP contribution >= 0.6 is 0 Å². The van der Waals surface area contributed by atoms with Gasteiger partial charge in [0.05, 0.1) is 6.20 Å². The lowest BCUT2D eigenvalue weighted by Crippen LogP contribution is -2.66. The van der Waals surface area contributed by atoms with Crippen LogP contribution in [0.2, 0.25) is 0 Å². The Balaban J connectivity index is 1.41. The minimum absolute atomic E-state index is 0.00781. The fraction of sp³-hybridized carbons (Fsp3) is 0.619. The number of hydrogen-bond donors (Lipinski definition) is 1. The van der Waals surface area contributed by atoms with Gasteiger partial charge in [-0.3, -0.25) is 14.5 Å². The van der Waals surface area contributed by atoms with E-state index in [-0.39, 0.29) is 11.8 Å². The molecular formula is C21H28N6O2. The molecule has 0 radical (unpaired) electrons. The molecule has 5 heterocycles. The van der Waals surface area contributed by atoms with Crippen LogP contribution in [-0.2, 0) is 4.79 Å². The monoisotopic (exact) mass is 396 g/mol. The molecule has 3 aliphatic heterocycles. The van der Waals surface area contributed by atoms with Crippen molar-refractivity contribution in [3.8, 4) is 0 Å². The van der Waals surface area contributed by atoms with Crippen molar-refractivity contribution in [2.75, 3.05) is 26.2 Å². The van der Waals surface area contributed by atoms with Crippen LogP contribution in [0.4, 0.5) is 0 Å². The third-order valence-corrected chi connectivity index (χ3v) is 6.97. The number of hydrogen-bond acceptors (Lipinski definition) is 5. The summed E-state index contributed by atoms with van der Waals surface area (Å²) in [5, 5.41) is 7.35. The molecule has 0 saturated carbocycles. The number of likely N-dealkylation sites (tertiary alicyclic amines) is 1. The summed E-state index contributed by atoms with van der Waals surface area (Å²) in [6, 6.07) is 4.50. The Morgan fingerprint density at radius 2 is 2.10 bits per heavy atom. The molecule has 3 fully saturated rings. The lowest BCUT2D eigenvalue weighted by Gasteiger charge is -2.56. The van der Waals surface area contributed by atoms with E-state index in [1.165, 1.54) is 19.3 Å². The molecule has 5 rings (SSSR count). The van der Waals surface area contributed by atoms with Crippen LogP contribution < -0.4 is 5.32 Å². The van der Waals surface area contributed by atoms with Crippen molar-refractivity contribution in [2.24, 2.45) is 11.8 Å². The zero-order chi connectivity index (χ0) is 20.0. The number of carbonyl (C=O) groups is 2. The van der Waals surface area contributed by atoms with Gasteiger partial charge in [-0.15, -0.1) is 0 Å². The number of nitrogens with zero attached hydrogens (tertiary/aromatic N) is 5. The summed E-state index contributed by atoms with van der Waals surface area (Å²) >= 11 is 0. The van der Waals surface area contributed by atoms with Gasteiger partial charge in [-0.2, -0.15) is 5.10 Å². The molecule has 2 aromatic heterocycles. The quantitative estimate of drug-likeness (QED) is 0.842. The van der Waals surface area contributed by atoms with Crippen molar-refractivity contribution in [3.05, 3.63) is 30.2 Å². The predicted molar refractivity (Wildman–Crippen MR) is 107 cm³/mol. The van der Waals surface area contributed by atoms with Crippen molar-refractivity contribution in [2.45, 2.75) is 44.7 Å². The lowest BCUT2D eigenvalue weighted by molar-refractivity contribution is -0.120. The number of piperidine rings is 3. The van der Waals surface area contributed by atoms with Gasteiger partial charge in [0.15, 0.2) is 11.3 Å². The molecular weight excluding hydrogens is 368 g/mol. The molecule has 154 valence electrons. The van der Waals surface area contributed by atoms with E-state index in [4.69, 9.17) is 0 Å². The average Bonchev–Trinajstić information content (AvgIpc) is 3.17. The normalized spacial score (nSPS) is 29.5. The van der Waals surface area contributed by atoms with E-state index >= 15 is 0 Å². The Hall–Kier alpha value is -2.48. The van der Waals surface area contributed by atoms with Gasteiger partial charge < -0.3 is 10.2 Å². The minimum Gasteiger partial charge on any atom is -0.355 e. The van der Waals surface area contributed by atoms with Crippen LogP contribution in [0.1, 0.15) is 43.1 Å². The van der Waals surface area contributed by atoms with Gasteiger partial charge >= 0.3 is 0 Å². The molecule has 2 bridgehead atoms. The highest BCUT2D eigenvalue weighted by atomic mass is 16.2. The highest BCUT2D eigenvalue weighted by Crippen LogP contribution is 2.41. The first-order valence-corrected chi connectivity index (χ1v) is 10.7. The first-order chi connectivity index (χ1) is 14.1. The molecule has 1 N–H and O–H groups in total. The summed E-state index contributed by atoms with van der Waals surface area (Å²) in [6.07, 6.45) is 8.12. The molecule has 0 aliphatic carbocycles. The van der Waals surface area contributed by atoms with E-state index in [1.807, 2.05) is 17.0 Å². The van der Waals surface area contributed by atoms with Gasteiger partial charge in [0.2, 0.25) is 5.91 Å². The molecule has 8 nitrogen and oxygen atoms in total. The number of amides is 2. The molecule has 3 saturated heterocycles. The topological polar surface area (TPSA) is 82.8 Å². The Labute approximate surface area is 170 Å². The Morgan fingerprint density at radius 3 is 2.97 bits per heavy atom. The summed E-state index contributed by atoms with van der Waals surface area (Å²) in [5.41, 5.74) is 1.22. The predicted octanol–water partition coefficient (Wildman–Crippen LogP) is 1.18. The van der Waals surface area contributed by atoms with E-state index < -0.39 is 0 Å². The van der Waals surface area contributed by atoms with E-state index in [0.29, 0.717) is 41.8 Å². The first kappa shape index (κ1) is 18.5. The fourth-order valence-corrected chi connectivity index (χ4v) is 5.74. The largest absolute Gasteiger partial charge is 0.355 e. The summed E-state index contributed by atoms with van der Waals surface area (Å²) in [7, 11) is 0. The maximum absolute atomic E-state index is 13.4. The number of fused-ring (bicyclic) bond motifs is 5. The average molecular weight is 396 g/mol. The van der Waals surface area contributed by atoms with E-state index in [1.54, 1.807) is 23.8 Å². The molecule has 4 atom stereocenters. The minimum atomic E-state index is 0.00781. The molecule has 8 heteroatoms. The molecule has 0 spiro atoms. The second kappa shape index (κ2) is 7.40. The van der Waals surface area contributed by atoms with Crippen LogP contribution in [0.15, 0.2) is 24.5 Å². The smallest absolute Gasteiger partial charge is 0.274 e. The number of imidazole rings is 1. The third kappa shape index (κ3) is 3.29. The van der Waals surface area contributed by atoms with Crippen LogP contribution in [0.25, 0.3) is 5.65 Å². The lowest BCUT2D eigenvalue weighted by atomic mass is 9.72. The van der Waals surface area contributed by atoms with Crippen LogP contribution in [0.5, 0.6) is 0 Å². The standard InChI is InChI=1S/C21H28N6O2/c1-14(28)22-10-18-16-9-15(17-5-2-3-8-26(17)18)12-25(13-16)21(29)19-11-23-20-6-4-7-24-27(19)20/h4,6-7,11,15-18H,2-3,5,8-10,12-13H2,1H3,(H,22,28)/t15-,16+,17+,18+/m1/s1. The van der Waals surface area contributed by atoms with Gasteiger partial charge in [0.25, 0.3) is 5.91 Å². The molecule has 2 aromatic rings. The SMILES string of the molecule is CC(=O)NC[C@H]1[C@H]2C[C@H](CN(C(=O)c3cnc4cccnn34)C2)[C@@H]2CCCCN21. The van der Waals surface area contributed by atoms with Crippen molar-refractivity contribution in [1.29, 1.82) is 0 Å². The second-order valence-electron chi connectivity index (χ2n) is 8.71. The van der Waals surface area contributed by atoms with Crippen molar-refractivity contribution >= 4 is 17.5 Å². The fourth-order valence-electron chi connectivity index (χ4n) is 5.74.